The number of carbonyl (C=O) groups is 2. The van der Waals surface area contributed by atoms with Crippen molar-refractivity contribution in [1.29, 1.82) is 0 Å². The van der Waals surface area contributed by atoms with Crippen LogP contribution in [0.1, 0.15) is 38.3 Å². The Balaban J connectivity index is 2.04. The zero-order valence-corrected chi connectivity index (χ0v) is 16.3. The largest absolute Gasteiger partial charge is 0.465 e. The summed E-state index contributed by atoms with van der Waals surface area (Å²) >= 11 is 4.75. The Bertz CT molecular complexity index is 977. The van der Waals surface area contributed by atoms with E-state index in [2.05, 4.69) is 26.2 Å². The van der Waals surface area contributed by atoms with Gasteiger partial charge >= 0.3 is 5.97 Å². The Morgan fingerprint density at radius 2 is 2.16 bits per heavy atom. The van der Waals surface area contributed by atoms with Crippen molar-refractivity contribution in [2.24, 2.45) is 0 Å². The van der Waals surface area contributed by atoms with Gasteiger partial charge in [0.1, 0.15) is 16.3 Å². The third-order valence-corrected chi connectivity index (χ3v) is 5.13. The average Bonchev–Trinajstić information content (AvgIpc) is 3.13. The number of methoxy groups -OCH3 is 1. The van der Waals surface area contributed by atoms with Crippen molar-refractivity contribution in [3.05, 3.63) is 50.7 Å². The Morgan fingerprint density at radius 3 is 2.84 bits per heavy atom. The summed E-state index contributed by atoms with van der Waals surface area (Å²) in [4.78, 5) is 30.2. The molecule has 0 radical (unpaired) electrons. The van der Waals surface area contributed by atoms with Gasteiger partial charge in [-0.25, -0.2) is 9.78 Å². The summed E-state index contributed by atoms with van der Waals surface area (Å²) in [5.41, 5.74) is 2.20. The van der Waals surface area contributed by atoms with E-state index in [1.54, 1.807) is 16.7 Å². The molecule has 0 aliphatic heterocycles. The number of carbonyl (C=O) groups excluding carboxylic acids is 2. The fourth-order valence-corrected chi connectivity index (χ4v) is 3.82. The van der Waals surface area contributed by atoms with Crippen molar-refractivity contribution < 1.29 is 14.3 Å². The van der Waals surface area contributed by atoms with Crippen LogP contribution in [0.5, 0.6) is 0 Å². The molecule has 8 heteroatoms. The van der Waals surface area contributed by atoms with Gasteiger partial charge in [0.05, 0.1) is 18.4 Å². The third-order valence-electron chi connectivity index (χ3n) is 3.69. The maximum absolute atomic E-state index is 12.9. The molecule has 3 aromatic heterocycles. The number of imidazole rings is 1. The first-order chi connectivity index (χ1) is 11.9. The normalized spacial score (nSPS) is 10.9. The predicted molar refractivity (Wildman–Crippen MR) is 101 cm³/mol. The van der Waals surface area contributed by atoms with E-state index >= 15 is 0 Å². The Hall–Kier alpha value is -2.19. The van der Waals surface area contributed by atoms with Crippen LogP contribution in [0.4, 0.5) is 5.00 Å². The van der Waals surface area contributed by atoms with E-state index in [-0.39, 0.29) is 5.91 Å². The monoisotopic (exact) mass is 421 g/mol. The van der Waals surface area contributed by atoms with Gasteiger partial charge in [0, 0.05) is 15.5 Å². The summed E-state index contributed by atoms with van der Waals surface area (Å²) in [6.45, 7) is 3.82. The number of fused-ring (bicyclic) bond motifs is 1. The lowest BCUT2D eigenvalue weighted by Gasteiger charge is -2.07. The Kier molecular flexibility index (Phi) is 4.91. The molecular weight excluding hydrogens is 406 g/mol. The lowest BCUT2D eigenvalue weighted by atomic mass is 10.2. The highest BCUT2D eigenvalue weighted by Crippen LogP contribution is 2.29. The number of anilines is 1. The highest BCUT2D eigenvalue weighted by Gasteiger charge is 2.22. The summed E-state index contributed by atoms with van der Waals surface area (Å²) in [6.07, 6.45) is 2.42. The van der Waals surface area contributed by atoms with Crippen LogP contribution in [0.2, 0.25) is 0 Å². The number of thiophene rings is 1. The molecule has 0 aliphatic rings. The van der Waals surface area contributed by atoms with Gasteiger partial charge in [-0.05, 0) is 47.5 Å². The number of aromatic nitrogens is 2. The van der Waals surface area contributed by atoms with Gasteiger partial charge in [-0.1, -0.05) is 6.92 Å². The first-order valence-electron chi connectivity index (χ1n) is 7.61. The highest BCUT2D eigenvalue weighted by atomic mass is 79.9. The van der Waals surface area contributed by atoms with Crippen molar-refractivity contribution >= 4 is 49.8 Å². The van der Waals surface area contributed by atoms with E-state index in [0.717, 1.165) is 9.35 Å². The third kappa shape index (κ3) is 3.32. The number of nitrogens with one attached hydrogen (secondary N) is 1. The molecule has 0 spiro atoms. The summed E-state index contributed by atoms with van der Waals surface area (Å²) in [5.74, 6) is -0.786. The van der Waals surface area contributed by atoms with Gasteiger partial charge in [-0.2, -0.15) is 0 Å². The average molecular weight is 422 g/mol. The second-order valence-electron chi connectivity index (χ2n) is 5.38. The fourth-order valence-electron chi connectivity index (χ4n) is 2.59. The molecule has 3 rings (SSSR count). The molecule has 0 aliphatic carbocycles. The van der Waals surface area contributed by atoms with E-state index in [1.807, 2.05) is 26.0 Å². The second kappa shape index (κ2) is 6.97. The van der Waals surface area contributed by atoms with Crippen molar-refractivity contribution in [3.8, 4) is 0 Å². The van der Waals surface area contributed by atoms with E-state index < -0.39 is 5.97 Å². The Labute approximate surface area is 157 Å². The number of nitrogens with zero attached hydrogens (tertiary/aromatic N) is 2. The molecule has 1 amide bonds. The molecule has 1 N–H and O–H groups in total. The van der Waals surface area contributed by atoms with Gasteiger partial charge in [0.2, 0.25) is 0 Å². The van der Waals surface area contributed by atoms with Crippen LogP contribution in [0.25, 0.3) is 5.65 Å². The first-order valence-corrected chi connectivity index (χ1v) is 9.22. The van der Waals surface area contributed by atoms with Crippen molar-refractivity contribution in [2.75, 3.05) is 12.4 Å². The maximum atomic E-state index is 12.9. The van der Waals surface area contributed by atoms with Gasteiger partial charge in [0.25, 0.3) is 5.91 Å². The van der Waals surface area contributed by atoms with Crippen molar-refractivity contribution in [1.82, 2.24) is 9.38 Å². The number of aryl methyl sites for hydroxylation is 2. The van der Waals surface area contributed by atoms with Crippen molar-refractivity contribution in [2.45, 2.75) is 20.3 Å². The number of rotatable bonds is 4. The zero-order chi connectivity index (χ0) is 18.1. The molecule has 0 saturated heterocycles. The van der Waals surface area contributed by atoms with Gasteiger partial charge in [-0.3, -0.25) is 9.20 Å². The van der Waals surface area contributed by atoms with E-state index in [0.29, 0.717) is 34.0 Å². The topological polar surface area (TPSA) is 72.7 Å². The summed E-state index contributed by atoms with van der Waals surface area (Å²) in [6, 6.07) is 5.43. The van der Waals surface area contributed by atoms with Gasteiger partial charge in [-0.15, -0.1) is 11.3 Å². The lowest BCUT2D eigenvalue weighted by molar-refractivity contribution is 0.0602. The lowest BCUT2D eigenvalue weighted by Crippen LogP contribution is -2.17. The molecule has 0 saturated carbocycles. The summed E-state index contributed by atoms with van der Waals surface area (Å²) < 4.78 is 7.38. The molecule has 0 aromatic carbocycles. The first kappa shape index (κ1) is 17.6. The van der Waals surface area contributed by atoms with Crippen LogP contribution in [0.15, 0.2) is 28.9 Å². The minimum atomic E-state index is -0.476. The number of esters is 1. The predicted octanol–water partition coefficient (Wildman–Crippen LogP) is 4.07. The molecule has 0 fully saturated rings. The zero-order valence-electron chi connectivity index (χ0n) is 13.9. The van der Waals surface area contributed by atoms with Crippen molar-refractivity contribution in [3.63, 3.8) is 0 Å². The molecule has 6 nitrogen and oxygen atoms in total. The van der Waals surface area contributed by atoms with E-state index in [1.165, 1.54) is 18.4 Å². The maximum Gasteiger partial charge on any atom is 0.340 e. The van der Waals surface area contributed by atoms with Crippen LogP contribution < -0.4 is 5.32 Å². The SMILES string of the molecule is CCc1nc2ccc(Br)cn2c1C(=O)Nc1sc(C)cc1C(=O)OC. The molecule has 25 heavy (non-hydrogen) atoms. The molecule has 0 atom stereocenters. The fraction of sp³-hybridized carbons (Fsp3) is 0.235. The minimum absolute atomic E-state index is 0.311. The molecule has 0 unspecified atom stereocenters. The van der Waals surface area contributed by atoms with E-state index in [4.69, 9.17) is 4.74 Å². The van der Waals surface area contributed by atoms with Crippen LogP contribution in [-0.2, 0) is 11.2 Å². The highest BCUT2D eigenvalue weighted by molar-refractivity contribution is 9.10. The van der Waals surface area contributed by atoms with Crippen LogP contribution >= 0.6 is 27.3 Å². The molecule has 3 aromatic rings. The van der Waals surface area contributed by atoms with Crippen LogP contribution in [0, 0.1) is 6.92 Å². The Morgan fingerprint density at radius 1 is 1.40 bits per heavy atom. The summed E-state index contributed by atoms with van der Waals surface area (Å²) in [7, 11) is 1.32. The van der Waals surface area contributed by atoms with E-state index in [9.17, 15) is 9.59 Å². The standard InChI is InChI=1S/C17H16BrN3O3S/c1-4-12-14(21-8-10(18)5-6-13(21)19-12)15(22)20-16-11(17(23)24-3)7-9(2)25-16/h5-8H,4H2,1-3H3,(H,20,22). The second-order valence-corrected chi connectivity index (χ2v) is 7.55. The molecule has 0 bridgehead atoms. The van der Waals surface area contributed by atoms with Crippen LogP contribution in [0.3, 0.4) is 0 Å². The number of pyridine rings is 1. The number of ether oxygens (including phenoxy) is 1. The van der Waals surface area contributed by atoms with Gasteiger partial charge in [0.15, 0.2) is 0 Å². The number of halogens is 1. The number of hydrogen-bond donors (Lipinski definition) is 1. The van der Waals surface area contributed by atoms with Gasteiger partial charge < -0.3 is 10.1 Å². The molecule has 130 valence electrons. The molecule has 3 heterocycles. The summed E-state index contributed by atoms with van der Waals surface area (Å²) in [5, 5.41) is 3.31. The van der Waals surface area contributed by atoms with Crippen LogP contribution in [-0.4, -0.2) is 28.4 Å². The number of amides is 1. The smallest absolute Gasteiger partial charge is 0.340 e. The quantitative estimate of drug-likeness (QED) is 0.644. The minimum Gasteiger partial charge on any atom is -0.465 e. The number of hydrogen-bond acceptors (Lipinski definition) is 5. The molecular formula is C17H16BrN3O3S.